The van der Waals surface area contributed by atoms with E-state index in [9.17, 15) is 8.42 Å². The summed E-state index contributed by atoms with van der Waals surface area (Å²) < 4.78 is 54.5. The Hall–Kier alpha value is -2.07. The minimum Gasteiger partial charge on any atom is -0.413 e. The molecular weight excluding hydrogens is 589 g/mol. The Bertz CT molecular complexity index is 1390. The van der Waals surface area contributed by atoms with Gasteiger partial charge in [-0.15, -0.1) is 0 Å². The Morgan fingerprint density at radius 1 is 1.02 bits per heavy atom. The zero-order valence-electron chi connectivity index (χ0n) is 27.8. The Balaban J connectivity index is 1.70. The average Bonchev–Trinajstić information content (AvgIpc) is 3.56. The molecule has 8 heteroatoms. The smallest absolute Gasteiger partial charge is 0.192 e. The summed E-state index contributed by atoms with van der Waals surface area (Å²) in [5, 5.41) is -0.654. The molecule has 1 aliphatic carbocycles. The fraction of sp³-hybridized carbons (Fsp3) is 0.556. The molecule has 2 aliphatic rings. The molecule has 2 aromatic rings. The van der Waals surface area contributed by atoms with Crippen LogP contribution < -0.4 is 0 Å². The molecule has 1 heterocycles. The number of allylic oxidation sites excluding steroid dienone is 1. The van der Waals surface area contributed by atoms with Crippen LogP contribution in [0.15, 0.2) is 89.4 Å². The van der Waals surface area contributed by atoms with Gasteiger partial charge in [-0.1, -0.05) is 100 Å². The highest BCUT2D eigenvalue weighted by atomic mass is 32.2. The lowest BCUT2D eigenvalue weighted by molar-refractivity contribution is -0.186. The van der Waals surface area contributed by atoms with Crippen LogP contribution in [0, 0.1) is 17.3 Å². The van der Waals surface area contributed by atoms with Crippen molar-refractivity contribution in [2.24, 2.45) is 17.3 Å². The quantitative estimate of drug-likeness (QED) is 0.163. The largest absolute Gasteiger partial charge is 0.413 e. The van der Waals surface area contributed by atoms with Crippen LogP contribution in [0.2, 0.25) is 18.1 Å². The predicted molar refractivity (Wildman–Crippen MR) is 180 cm³/mol. The molecule has 2 aromatic carbocycles. The molecule has 0 amide bonds. The van der Waals surface area contributed by atoms with Gasteiger partial charge in [0.1, 0.15) is 0 Å². The van der Waals surface area contributed by atoms with E-state index < -0.39 is 34.6 Å². The Labute approximate surface area is 266 Å². The van der Waals surface area contributed by atoms with Crippen LogP contribution in [0.4, 0.5) is 0 Å². The summed E-state index contributed by atoms with van der Waals surface area (Å²) in [5.41, 5.74) is 1.49. The molecular formula is C36H52O6SSi. The maximum Gasteiger partial charge on any atom is 0.192 e. The Morgan fingerprint density at radius 3 is 2.20 bits per heavy atom. The van der Waals surface area contributed by atoms with Crippen molar-refractivity contribution in [3.05, 3.63) is 90.0 Å². The molecule has 0 radical (unpaired) electrons. The molecule has 1 unspecified atom stereocenters. The first-order valence-electron chi connectivity index (χ1n) is 15.8. The van der Waals surface area contributed by atoms with Crippen molar-refractivity contribution in [1.29, 1.82) is 0 Å². The van der Waals surface area contributed by atoms with Crippen molar-refractivity contribution < 1.29 is 27.1 Å². The van der Waals surface area contributed by atoms with Gasteiger partial charge in [0, 0.05) is 11.3 Å². The van der Waals surface area contributed by atoms with Gasteiger partial charge in [-0.25, -0.2) is 8.42 Å². The van der Waals surface area contributed by atoms with Crippen LogP contribution in [0.3, 0.4) is 0 Å². The molecule has 44 heavy (non-hydrogen) atoms. The van der Waals surface area contributed by atoms with Crippen molar-refractivity contribution in [2.45, 2.75) is 88.6 Å². The van der Waals surface area contributed by atoms with E-state index in [-0.39, 0.29) is 16.9 Å². The zero-order valence-corrected chi connectivity index (χ0v) is 29.7. The number of sulfone groups is 1. The summed E-state index contributed by atoms with van der Waals surface area (Å²) in [7, 11) is -5.73. The van der Waals surface area contributed by atoms with Crippen molar-refractivity contribution in [3.63, 3.8) is 0 Å². The third-order valence-electron chi connectivity index (χ3n) is 9.90. The van der Waals surface area contributed by atoms with Gasteiger partial charge in [0.2, 0.25) is 0 Å². The van der Waals surface area contributed by atoms with E-state index in [1.807, 2.05) is 50.2 Å². The minimum atomic E-state index is -3.77. The molecule has 0 N–H and O–H groups in total. The first kappa shape index (κ1) is 34.8. The first-order chi connectivity index (χ1) is 20.6. The maximum atomic E-state index is 14.7. The van der Waals surface area contributed by atoms with Crippen LogP contribution >= 0.6 is 0 Å². The molecule has 1 aliphatic heterocycles. The lowest BCUT2D eigenvalue weighted by Crippen LogP contribution is -2.50. The van der Waals surface area contributed by atoms with Gasteiger partial charge in [0.05, 0.1) is 43.2 Å². The summed E-state index contributed by atoms with van der Waals surface area (Å²) in [6.45, 7) is 19.5. The molecule has 4 atom stereocenters. The lowest BCUT2D eigenvalue weighted by atomic mass is 9.71. The number of benzene rings is 2. The third-order valence-corrected chi connectivity index (χ3v) is 16.6. The van der Waals surface area contributed by atoms with Gasteiger partial charge in [-0.3, -0.25) is 0 Å². The minimum absolute atomic E-state index is 0.0922. The van der Waals surface area contributed by atoms with E-state index in [4.69, 9.17) is 18.6 Å². The van der Waals surface area contributed by atoms with Gasteiger partial charge < -0.3 is 18.6 Å². The molecule has 6 nitrogen and oxygen atoms in total. The molecule has 0 bridgehead atoms. The monoisotopic (exact) mass is 640 g/mol. The van der Waals surface area contributed by atoms with Crippen LogP contribution in [-0.2, 0) is 35.1 Å². The molecule has 0 saturated carbocycles. The molecule has 242 valence electrons. The van der Waals surface area contributed by atoms with Crippen LogP contribution in [0.5, 0.6) is 0 Å². The summed E-state index contributed by atoms with van der Waals surface area (Å²) in [6, 6.07) is 18.9. The fourth-order valence-corrected chi connectivity index (χ4v) is 9.34. The molecule has 0 spiro atoms. The maximum absolute atomic E-state index is 14.7. The van der Waals surface area contributed by atoms with Crippen LogP contribution in [0.1, 0.15) is 53.5 Å². The van der Waals surface area contributed by atoms with Crippen molar-refractivity contribution in [3.8, 4) is 0 Å². The van der Waals surface area contributed by atoms with E-state index >= 15 is 0 Å². The van der Waals surface area contributed by atoms with Crippen molar-refractivity contribution >= 4 is 18.2 Å². The normalized spacial score (nSPS) is 25.0. The molecule has 4 rings (SSSR count). The number of rotatable bonds is 13. The summed E-state index contributed by atoms with van der Waals surface area (Å²) in [5.74, 6) is -1.57. The summed E-state index contributed by atoms with van der Waals surface area (Å²) in [6.07, 6.45) is 6.68. The second kappa shape index (κ2) is 13.7. The molecule has 1 saturated heterocycles. The summed E-state index contributed by atoms with van der Waals surface area (Å²) in [4.78, 5) is 0.326. The Morgan fingerprint density at radius 2 is 1.61 bits per heavy atom. The van der Waals surface area contributed by atoms with Gasteiger partial charge >= 0.3 is 0 Å². The highest BCUT2D eigenvalue weighted by molar-refractivity contribution is 7.92. The van der Waals surface area contributed by atoms with Gasteiger partial charge in [0.25, 0.3) is 0 Å². The summed E-state index contributed by atoms with van der Waals surface area (Å²) >= 11 is 0. The van der Waals surface area contributed by atoms with Crippen molar-refractivity contribution in [2.75, 3.05) is 26.4 Å². The van der Waals surface area contributed by atoms with Crippen LogP contribution in [-0.4, -0.2) is 54.2 Å². The van der Waals surface area contributed by atoms with E-state index in [0.717, 1.165) is 11.1 Å². The number of ether oxygens (including phenoxy) is 3. The number of hydrogen-bond acceptors (Lipinski definition) is 6. The van der Waals surface area contributed by atoms with Crippen molar-refractivity contribution in [1.82, 2.24) is 0 Å². The third kappa shape index (κ3) is 7.83. The SMILES string of the molecule is C/C(=C\CO[Si](C)(C)C(C)(C)C)CC([C@@H]1[C@@H](C2(C)OCCO2)C=C[C@@]1(C)COCc1ccccc1)S(=O)(=O)c1ccccc1. The van der Waals surface area contributed by atoms with Gasteiger partial charge in [-0.2, -0.15) is 0 Å². The van der Waals surface area contributed by atoms with Crippen LogP contribution in [0.25, 0.3) is 0 Å². The highest BCUT2D eigenvalue weighted by Crippen LogP contribution is 2.53. The van der Waals surface area contributed by atoms with E-state index in [2.05, 4.69) is 59.0 Å². The van der Waals surface area contributed by atoms with E-state index in [1.165, 1.54) is 0 Å². The standard InChI is InChI=1S/C36H52O6SSi/c1-28(20-22-42-44(7,8)34(2,3)4)25-32(43(37,38)30-17-13-10-14-18-30)33-31(36(6)40-23-24-41-36)19-21-35(33,5)27-39-26-29-15-11-9-12-16-29/h9-21,31-33H,22-27H2,1-8H3/b28-20+/t31-,32?,33-,35-/m0/s1. The fourth-order valence-electron chi connectivity index (χ4n) is 6.18. The van der Waals surface area contributed by atoms with E-state index in [0.29, 0.717) is 44.4 Å². The number of hydrogen-bond donors (Lipinski definition) is 0. The second-order valence-electron chi connectivity index (χ2n) is 14.3. The predicted octanol–water partition coefficient (Wildman–Crippen LogP) is 7.98. The van der Waals surface area contributed by atoms with E-state index in [1.54, 1.807) is 24.3 Å². The lowest BCUT2D eigenvalue weighted by Gasteiger charge is -2.43. The average molecular weight is 641 g/mol. The highest BCUT2D eigenvalue weighted by Gasteiger charge is 2.57. The molecule has 1 fully saturated rings. The molecule has 0 aromatic heterocycles. The Kier molecular flexibility index (Phi) is 10.9. The first-order valence-corrected chi connectivity index (χ1v) is 20.2. The zero-order chi connectivity index (χ0) is 32.2. The van der Waals surface area contributed by atoms with Gasteiger partial charge in [0.15, 0.2) is 23.9 Å². The topological polar surface area (TPSA) is 71.1 Å². The van der Waals surface area contributed by atoms with Gasteiger partial charge in [-0.05, 0) is 62.0 Å². The second-order valence-corrected chi connectivity index (χ2v) is 21.3.